The largest absolute Gasteiger partial charge is 0.456 e. The number of fused-ring (bicyclic) bond motifs is 1. The van der Waals surface area contributed by atoms with Crippen molar-refractivity contribution >= 4 is 12.0 Å². The third-order valence-electron chi connectivity index (χ3n) is 4.02. The number of aromatic nitrogens is 3. The first-order valence-corrected chi connectivity index (χ1v) is 8.76. The Labute approximate surface area is 165 Å². The summed E-state index contributed by atoms with van der Waals surface area (Å²) in [5.41, 5.74) is 2.06. The van der Waals surface area contributed by atoms with E-state index in [2.05, 4.69) is 10.3 Å². The molecule has 1 aliphatic rings. The summed E-state index contributed by atoms with van der Waals surface area (Å²) in [5.74, 6) is 0.584. The maximum Gasteiger partial charge on any atom is 0.331 e. The topological polar surface area (TPSA) is 75.5 Å². The van der Waals surface area contributed by atoms with Crippen LogP contribution in [-0.2, 0) is 16.1 Å². The van der Waals surface area contributed by atoms with E-state index in [9.17, 15) is 9.18 Å². The van der Waals surface area contributed by atoms with Crippen molar-refractivity contribution in [3.8, 4) is 17.2 Å². The number of benzene rings is 2. The Kier molecular flexibility index (Phi) is 5.33. The van der Waals surface area contributed by atoms with E-state index >= 15 is 0 Å². The number of nitrogens with zero attached hydrogens (tertiary/aromatic N) is 3. The Balaban J connectivity index is 1.27. The van der Waals surface area contributed by atoms with Crippen LogP contribution in [0.25, 0.3) is 11.8 Å². The first kappa shape index (κ1) is 18.4. The fraction of sp³-hybridized carbons (Fsp3) is 0.0952. The zero-order valence-corrected chi connectivity index (χ0v) is 15.2. The van der Waals surface area contributed by atoms with Gasteiger partial charge >= 0.3 is 5.97 Å². The first-order chi connectivity index (χ1) is 14.2. The van der Waals surface area contributed by atoms with E-state index in [1.807, 2.05) is 24.3 Å². The number of rotatable bonds is 6. The van der Waals surface area contributed by atoms with Crippen molar-refractivity contribution in [2.24, 2.45) is 0 Å². The lowest BCUT2D eigenvalue weighted by Gasteiger charge is -1.99. The van der Waals surface area contributed by atoms with Gasteiger partial charge in [-0.05, 0) is 42.0 Å². The van der Waals surface area contributed by atoms with Crippen LogP contribution in [0.15, 0.2) is 66.9 Å². The lowest BCUT2D eigenvalue weighted by Crippen LogP contribution is -2.00. The highest BCUT2D eigenvalue weighted by atomic mass is 19.1. The zero-order valence-electron chi connectivity index (χ0n) is 15.2. The third-order valence-corrected chi connectivity index (χ3v) is 4.02. The van der Waals surface area contributed by atoms with Gasteiger partial charge in [0.25, 0.3) is 0 Å². The average molecular weight is 393 g/mol. The molecule has 0 atom stereocenters. The van der Waals surface area contributed by atoms with Gasteiger partial charge in [-0.25, -0.2) is 13.9 Å². The standard InChI is InChI=1S/C21H16FN3O4/c22-16-6-8-18(9-7-16)25-12-17(23-24-25)13-27-21(26)4-2-1-3-15-5-10-19-20(11-15)29-14-28-19/h1-12H,13-14H2/b3-1+,4-2+. The first-order valence-electron chi connectivity index (χ1n) is 8.76. The molecule has 0 spiro atoms. The second-order valence-electron chi connectivity index (χ2n) is 6.07. The highest BCUT2D eigenvalue weighted by Crippen LogP contribution is 2.32. The summed E-state index contributed by atoms with van der Waals surface area (Å²) in [6, 6.07) is 11.4. The summed E-state index contributed by atoms with van der Waals surface area (Å²) < 4.78 is 30.2. The minimum absolute atomic E-state index is 0.0176. The van der Waals surface area contributed by atoms with E-state index in [1.165, 1.54) is 22.9 Å². The van der Waals surface area contributed by atoms with Crippen molar-refractivity contribution in [2.75, 3.05) is 6.79 Å². The Morgan fingerprint density at radius 3 is 2.83 bits per heavy atom. The molecule has 0 aliphatic carbocycles. The van der Waals surface area contributed by atoms with E-state index in [0.29, 0.717) is 17.1 Å². The molecular formula is C21H16FN3O4. The maximum atomic E-state index is 13.0. The van der Waals surface area contributed by atoms with Gasteiger partial charge in [-0.1, -0.05) is 29.5 Å². The van der Waals surface area contributed by atoms with Gasteiger partial charge in [-0.15, -0.1) is 5.10 Å². The van der Waals surface area contributed by atoms with Gasteiger partial charge in [-0.2, -0.15) is 0 Å². The smallest absolute Gasteiger partial charge is 0.331 e. The highest BCUT2D eigenvalue weighted by molar-refractivity contribution is 5.82. The number of halogens is 1. The van der Waals surface area contributed by atoms with Gasteiger partial charge in [0.05, 0.1) is 11.9 Å². The highest BCUT2D eigenvalue weighted by Gasteiger charge is 2.12. The van der Waals surface area contributed by atoms with Crippen LogP contribution in [0, 0.1) is 5.82 Å². The molecule has 0 unspecified atom stereocenters. The van der Waals surface area contributed by atoms with E-state index in [1.54, 1.807) is 30.5 Å². The van der Waals surface area contributed by atoms with Crippen molar-refractivity contribution in [3.05, 3.63) is 84.0 Å². The molecule has 0 amide bonds. The van der Waals surface area contributed by atoms with Crippen LogP contribution in [0.5, 0.6) is 11.5 Å². The minimum atomic E-state index is -0.503. The number of ether oxygens (including phenoxy) is 3. The molecule has 0 radical (unpaired) electrons. The van der Waals surface area contributed by atoms with Crippen LogP contribution in [0.3, 0.4) is 0 Å². The molecule has 0 bridgehead atoms. The average Bonchev–Trinajstić information content (AvgIpc) is 3.39. The predicted octanol–water partition coefficient (Wildman–Crippen LogP) is 3.45. The lowest BCUT2D eigenvalue weighted by atomic mass is 10.2. The van der Waals surface area contributed by atoms with Crippen LogP contribution in [0.4, 0.5) is 4.39 Å². The maximum absolute atomic E-state index is 13.0. The van der Waals surface area contributed by atoms with Crippen molar-refractivity contribution in [1.82, 2.24) is 15.0 Å². The van der Waals surface area contributed by atoms with Crippen LogP contribution in [0.2, 0.25) is 0 Å². The van der Waals surface area contributed by atoms with Crippen LogP contribution >= 0.6 is 0 Å². The van der Waals surface area contributed by atoms with Crippen LogP contribution < -0.4 is 9.47 Å². The molecule has 0 saturated heterocycles. The third kappa shape index (κ3) is 4.67. The molecule has 7 nitrogen and oxygen atoms in total. The van der Waals surface area contributed by atoms with Gasteiger partial charge in [0.15, 0.2) is 11.5 Å². The summed E-state index contributed by atoms with van der Waals surface area (Å²) in [4.78, 5) is 11.8. The number of allylic oxidation sites excluding steroid dienone is 2. The van der Waals surface area contributed by atoms with Crippen molar-refractivity contribution < 1.29 is 23.4 Å². The quantitative estimate of drug-likeness (QED) is 0.363. The monoisotopic (exact) mass is 393 g/mol. The van der Waals surface area contributed by atoms with Crippen molar-refractivity contribution in [1.29, 1.82) is 0 Å². The number of hydrogen-bond acceptors (Lipinski definition) is 6. The second-order valence-corrected chi connectivity index (χ2v) is 6.07. The zero-order chi connectivity index (χ0) is 20.1. The predicted molar refractivity (Wildman–Crippen MR) is 102 cm³/mol. The summed E-state index contributed by atoms with van der Waals surface area (Å²) in [7, 11) is 0. The van der Waals surface area contributed by atoms with Crippen LogP contribution in [-0.4, -0.2) is 27.8 Å². The molecule has 0 N–H and O–H groups in total. The summed E-state index contributed by atoms with van der Waals surface area (Å²) in [6.45, 7) is 0.210. The van der Waals surface area contributed by atoms with E-state index < -0.39 is 5.97 Å². The molecule has 29 heavy (non-hydrogen) atoms. The SMILES string of the molecule is O=C(/C=C/C=C/c1ccc2c(c1)OCO2)OCc1cn(-c2ccc(F)cc2)nn1. The van der Waals surface area contributed by atoms with Gasteiger partial charge in [0.2, 0.25) is 6.79 Å². The molecule has 4 rings (SSSR count). The number of carbonyl (C=O) groups excluding carboxylic acids is 1. The van der Waals surface area contributed by atoms with Crippen LogP contribution in [0.1, 0.15) is 11.3 Å². The molecular weight excluding hydrogens is 377 g/mol. The van der Waals surface area contributed by atoms with Gasteiger partial charge in [0, 0.05) is 6.08 Å². The Hall–Kier alpha value is -3.94. The second kappa shape index (κ2) is 8.39. The molecule has 0 fully saturated rings. The lowest BCUT2D eigenvalue weighted by molar-refractivity contribution is -0.139. The number of hydrogen-bond donors (Lipinski definition) is 0. The Morgan fingerprint density at radius 1 is 1.14 bits per heavy atom. The molecule has 2 heterocycles. The summed E-state index contributed by atoms with van der Waals surface area (Å²) in [6.07, 6.45) is 8.07. The fourth-order valence-corrected chi connectivity index (χ4v) is 2.60. The Morgan fingerprint density at radius 2 is 1.97 bits per heavy atom. The molecule has 1 aromatic heterocycles. The van der Waals surface area contributed by atoms with E-state index in [-0.39, 0.29) is 19.2 Å². The van der Waals surface area contributed by atoms with Gasteiger partial charge < -0.3 is 14.2 Å². The van der Waals surface area contributed by atoms with E-state index in [0.717, 1.165) is 11.3 Å². The number of carbonyl (C=O) groups is 1. The summed E-state index contributed by atoms with van der Waals surface area (Å²) in [5, 5.41) is 7.87. The molecule has 146 valence electrons. The Bertz CT molecular complexity index is 1070. The molecule has 2 aromatic carbocycles. The molecule has 8 heteroatoms. The van der Waals surface area contributed by atoms with E-state index in [4.69, 9.17) is 14.2 Å². The van der Waals surface area contributed by atoms with Gasteiger partial charge in [-0.3, -0.25) is 0 Å². The van der Waals surface area contributed by atoms with Crippen molar-refractivity contribution in [2.45, 2.75) is 6.61 Å². The molecule has 0 saturated carbocycles. The fourth-order valence-electron chi connectivity index (χ4n) is 2.60. The van der Waals surface area contributed by atoms with Crippen molar-refractivity contribution in [3.63, 3.8) is 0 Å². The summed E-state index contributed by atoms with van der Waals surface area (Å²) >= 11 is 0. The van der Waals surface area contributed by atoms with Gasteiger partial charge in [0.1, 0.15) is 18.1 Å². The normalized spacial score (nSPS) is 12.7. The molecule has 3 aromatic rings. The number of esters is 1. The minimum Gasteiger partial charge on any atom is -0.456 e. The molecule has 1 aliphatic heterocycles.